The SMILES string of the molecule is Cc1ccc(C=O)cc1S(=O)(=O)OS(=O)(=O)N(N)c1ccccc1. The van der Waals surface area contributed by atoms with Gasteiger partial charge in [-0.3, -0.25) is 4.79 Å². The summed E-state index contributed by atoms with van der Waals surface area (Å²) >= 11 is 0. The van der Waals surface area contributed by atoms with Crippen LogP contribution in [0.4, 0.5) is 5.69 Å². The Morgan fingerprint density at radius 1 is 1.04 bits per heavy atom. The van der Waals surface area contributed by atoms with Gasteiger partial charge in [-0.05, 0) is 30.7 Å². The molecule has 2 aromatic rings. The van der Waals surface area contributed by atoms with E-state index in [0.29, 0.717) is 6.29 Å². The predicted octanol–water partition coefficient (Wildman–Crippen LogP) is 1.14. The minimum atomic E-state index is -4.82. The lowest BCUT2D eigenvalue weighted by Gasteiger charge is -2.18. The average Bonchev–Trinajstić information content (AvgIpc) is 2.54. The third-order valence-electron chi connectivity index (χ3n) is 3.04. The number of nitrogens with two attached hydrogens (primary N) is 1. The van der Waals surface area contributed by atoms with E-state index in [-0.39, 0.29) is 21.2 Å². The number of hydrogen-bond acceptors (Lipinski definition) is 7. The number of hydrazine groups is 1. The quantitative estimate of drug-likeness (QED) is 0.459. The molecule has 0 aromatic heterocycles. The van der Waals surface area contributed by atoms with Crippen molar-refractivity contribution in [2.24, 2.45) is 5.84 Å². The maximum absolute atomic E-state index is 12.3. The van der Waals surface area contributed by atoms with E-state index in [4.69, 9.17) is 5.84 Å². The lowest BCUT2D eigenvalue weighted by Crippen LogP contribution is -2.39. The number of hydrogen-bond donors (Lipinski definition) is 1. The van der Waals surface area contributed by atoms with Crippen molar-refractivity contribution in [1.82, 2.24) is 0 Å². The molecule has 0 aliphatic rings. The molecule has 0 saturated carbocycles. The molecule has 2 aromatic carbocycles. The van der Waals surface area contributed by atoms with Gasteiger partial charge < -0.3 is 0 Å². The third-order valence-corrected chi connectivity index (χ3v) is 6.12. The van der Waals surface area contributed by atoms with E-state index in [9.17, 15) is 21.6 Å². The number of carbonyl (C=O) groups excluding carboxylic acids is 1. The molecule has 0 atom stereocenters. The molecular weight excluding hydrogens is 356 g/mol. The molecular formula is C14H14N2O6S2. The van der Waals surface area contributed by atoms with Crippen LogP contribution in [0.3, 0.4) is 0 Å². The molecule has 0 radical (unpaired) electrons. The highest BCUT2D eigenvalue weighted by molar-refractivity contribution is 8.00. The lowest BCUT2D eigenvalue weighted by atomic mass is 10.2. The summed E-state index contributed by atoms with van der Waals surface area (Å²) in [6.07, 6.45) is 0.437. The van der Waals surface area contributed by atoms with Gasteiger partial charge in [0.1, 0.15) is 6.29 Å². The van der Waals surface area contributed by atoms with Crippen LogP contribution in [-0.2, 0) is 24.1 Å². The first-order valence-electron chi connectivity index (χ1n) is 6.54. The number of carbonyl (C=O) groups is 1. The molecule has 0 unspecified atom stereocenters. The number of nitrogens with zero attached hydrogens (tertiary/aromatic N) is 1. The van der Waals surface area contributed by atoms with Crippen molar-refractivity contribution in [3.63, 3.8) is 0 Å². The second kappa shape index (κ2) is 6.69. The van der Waals surface area contributed by atoms with E-state index in [0.717, 1.165) is 6.07 Å². The van der Waals surface area contributed by atoms with Gasteiger partial charge in [-0.2, -0.15) is 21.2 Å². The van der Waals surface area contributed by atoms with Crippen LogP contribution in [0.5, 0.6) is 0 Å². The van der Waals surface area contributed by atoms with E-state index in [1.807, 2.05) is 0 Å². The van der Waals surface area contributed by atoms with Gasteiger partial charge in [0, 0.05) is 5.56 Å². The normalized spacial score (nSPS) is 11.9. The zero-order valence-electron chi connectivity index (χ0n) is 12.5. The Morgan fingerprint density at radius 2 is 1.67 bits per heavy atom. The summed E-state index contributed by atoms with van der Waals surface area (Å²) in [5.41, 5.74) is 0.304. The van der Waals surface area contributed by atoms with Crippen LogP contribution < -0.4 is 10.3 Å². The number of benzene rings is 2. The van der Waals surface area contributed by atoms with Crippen LogP contribution in [0.15, 0.2) is 53.4 Å². The van der Waals surface area contributed by atoms with Crippen molar-refractivity contribution in [1.29, 1.82) is 0 Å². The van der Waals surface area contributed by atoms with Crippen molar-refractivity contribution in [3.05, 3.63) is 59.7 Å². The van der Waals surface area contributed by atoms with Crippen molar-refractivity contribution < 1.29 is 25.3 Å². The molecule has 2 N–H and O–H groups in total. The first-order valence-corrected chi connectivity index (χ1v) is 9.31. The van der Waals surface area contributed by atoms with Gasteiger partial charge in [0.2, 0.25) is 0 Å². The van der Waals surface area contributed by atoms with Crippen molar-refractivity contribution >= 4 is 32.4 Å². The third kappa shape index (κ3) is 3.79. The Labute approximate surface area is 139 Å². The molecule has 0 heterocycles. The van der Waals surface area contributed by atoms with Crippen molar-refractivity contribution in [2.75, 3.05) is 4.41 Å². The summed E-state index contributed by atoms with van der Waals surface area (Å²) in [6, 6.07) is 11.2. The van der Waals surface area contributed by atoms with Gasteiger partial charge >= 0.3 is 20.4 Å². The van der Waals surface area contributed by atoms with Gasteiger partial charge in [0.05, 0.1) is 10.6 Å². The van der Waals surface area contributed by atoms with Gasteiger partial charge in [-0.25, -0.2) is 5.84 Å². The van der Waals surface area contributed by atoms with Gasteiger partial charge in [0.25, 0.3) is 0 Å². The topological polar surface area (TPSA) is 124 Å². The molecule has 0 fully saturated rings. The second-order valence-corrected chi connectivity index (χ2v) is 7.90. The van der Waals surface area contributed by atoms with Gasteiger partial charge in [-0.1, -0.05) is 30.3 Å². The van der Waals surface area contributed by atoms with Gasteiger partial charge in [0.15, 0.2) is 0 Å². The fraction of sp³-hybridized carbons (Fsp3) is 0.0714. The Kier molecular flexibility index (Phi) is 5.04. The Hall–Kier alpha value is -2.27. The van der Waals surface area contributed by atoms with Crippen LogP contribution in [-0.4, -0.2) is 23.1 Å². The average molecular weight is 370 g/mol. The number of rotatable bonds is 6. The van der Waals surface area contributed by atoms with E-state index in [2.05, 4.69) is 3.63 Å². The highest BCUT2D eigenvalue weighted by atomic mass is 32.3. The molecule has 128 valence electrons. The van der Waals surface area contributed by atoms with E-state index in [1.165, 1.54) is 43.3 Å². The predicted molar refractivity (Wildman–Crippen MR) is 86.9 cm³/mol. The van der Waals surface area contributed by atoms with Crippen molar-refractivity contribution in [2.45, 2.75) is 11.8 Å². The monoisotopic (exact) mass is 370 g/mol. The van der Waals surface area contributed by atoms with E-state index < -0.39 is 25.3 Å². The summed E-state index contributed by atoms with van der Waals surface area (Å²) < 4.78 is 53.3. The van der Waals surface area contributed by atoms with Crippen LogP contribution in [0.1, 0.15) is 15.9 Å². The molecule has 0 saturated heterocycles. The second-order valence-electron chi connectivity index (χ2n) is 4.75. The Bertz CT molecular complexity index is 956. The molecule has 0 amide bonds. The summed E-state index contributed by atoms with van der Waals surface area (Å²) in [6.45, 7) is 1.44. The molecule has 0 aliphatic carbocycles. The van der Waals surface area contributed by atoms with Crippen LogP contribution in [0.2, 0.25) is 0 Å². The van der Waals surface area contributed by atoms with Crippen LogP contribution in [0, 0.1) is 6.92 Å². The fourth-order valence-corrected chi connectivity index (χ4v) is 4.43. The number of para-hydroxylation sites is 1. The molecule has 0 spiro atoms. The number of anilines is 1. The minimum absolute atomic E-state index is 0.0195. The zero-order valence-corrected chi connectivity index (χ0v) is 14.1. The Morgan fingerprint density at radius 3 is 2.25 bits per heavy atom. The fourth-order valence-electron chi connectivity index (χ4n) is 1.85. The highest BCUT2D eigenvalue weighted by Gasteiger charge is 2.31. The highest BCUT2D eigenvalue weighted by Crippen LogP contribution is 2.23. The smallest absolute Gasteiger partial charge is 0.298 e. The van der Waals surface area contributed by atoms with Crippen molar-refractivity contribution in [3.8, 4) is 0 Å². The summed E-state index contributed by atoms with van der Waals surface area (Å²) in [5, 5.41) is 0. The molecule has 24 heavy (non-hydrogen) atoms. The lowest BCUT2D eigenvalue weighted by molar-refractivity contribution is 0.112. The number of aldehydes is 1. The molecule has 0 aliphatic heterocycles. The maximum atomic E-state index is 12.3. The molecule has 2 rings (SSSR count). The summed E-state index contributed by atoms with van der Waals surface area (Å²) in [7, 11) is -9.52. The largest absolute Gasteiger partial charge is 0.390 e. The van der Waals surface area contributed by atoms with Crippen LogP contribution in [0.25, 0.3) is 0 Å². The number of aryl methyl sites for hydroxylation is 1. The standard InChI is InChI=1S/C14H14N2O6S2/c1-11-7-8-12(10-17)9-14(11)23(18,19)22-24(20,21)16(15)13-5-3-2-4-6-13/h2-10H,15H2,1H3. The van der Waals surface area contributed by atoms with E-state index >= 15 is 0 Å². The summed E-state index contributed by atoms with van der Waals surface area (Å²) in [5.74, 6) is 5.45. The Balaban J connectivity index is 2.40. The molecule has 10 heteroatoms. The maximum Gasteiger partial charge on any atom is 0.390 e. The molecule has 8 nitrogen and oxygen atoms in total. The van der Waals surface area contributed by atoms with Crippen LogP contribution >= 0.6 is 0 Å². The first kappa shape index (κ1) is 18.1. The van der Waals surface area contributed by atoms with Gasteiger partial charge in [-0.15, -0.1) is 3.63 Å². The van der Waals surface area contributed by atoms with E-state index in [1.54, 1.807) is 6.07 Å². The molecule has 0 bridgehead atoms. The minimum Gasteiger partial charge on any atom is -0.298 e. The summed E-state index contributed by atoms with van der Waals surface area (Å²) in [4.78, 5) is 10.4. The zero-order chi connectivity index (χ0) is 18.0. The first-order chi connectivity index (χ1) is 11.2.